The van der Waals surface area contributed by atoms with Crippen molar-refractivity contribution in [2.45, 2.75) is 25.1 Å². The summed E-state index contributed by atoms with van der Waals surface area (Å²) in [5.74, 6) is 0.214. The zero-order valence-electron chi connectivity index (χ0n) is 17.2. The van der Waals surface area contributed by atoms with Crippen LogP contribution in [-0.2, 0) is 6.18 Å². The Kier molecular flexibility index (Phi) is 4.10. The van der Waals surface area contributed by atoms with Crippen LogP contribution in [0.5, 0.6) is 0 Å². The lowest BCUT2D eigenvalue weighted by molar-refractivity contribution is -0.137. The monoisotopic (exact) mass is 447 g/mol. The summed E-state index contributed by atoms with van der Waals surface area (Å²) >= 11 is 0. The van der Waals surface area contributed by atoms with Gasteiger partial charge in [0.2, 0.25) is 0 Å². The number of hydrogen-bond acceptors (Lipinski definition) is 6. The average molecular weight is 447 g/mol. The van der Waals surface area contributed by atoms with E-state index in [1.54, 1.807) is 4.68 Å². The Hall–Kier alpha value is -2.79. The first-order chi connectivity index (χ1) is 15.3. The Bertz CT molecular complexity index is 1240. The van der Waals surface area contributed by atoms with Crippen molar-refractivity contribution < 1.29 is 17.6 Å². The minimum absolute atomic E-state index is 0.0564. The highest BCUT2D eigenvalue weighted by Gasteiger charge is 2.55. The van der Waals surface area contributed by atoms with Crippen molar-refractivity contribution in [3.8, 4) is 11.3 Å². The third-order valence-electron chi connectivity index (χ3n) is 6.99. The van der Waals surface area contributed by atoms with Crippen molar-refractivity contribution in [1.82, 2.24) is 30.4 Å². The van der Waals surface area contributed by atoms with Gasteiger partial charge in [-0.1, -0.05) is 0 Å². The second-order valence-corrected chi connectivity index (χ2v) is 8.89. The standard InChI is InChI=1S/C21H21F4N7/c1-8-16(21(23,24)25)10(2-14(26)30-8)19-17(22)20-13(7-29-19)18(15-11-5-28-6-12(11)15)31-32(20)9-3-27-4-9/h2,7,9,11-12,15,27-28H,3-6H2,1H3,(H2,26,30)/t11-,12+,15?. The first kappa shape index (κ1) is 19.9. The van der Waals surface area contributed by atoms with Crippen molar-refractivity contribution in [2.24, 2.45) is 11.8 Å². The van der Waals surface area contributed by atoms with Crippen LogP contribution in [0.25, 0.3) is 22.2 Å². The molecular weight excluding hydrogens is 426 g/mol. The smallest absolute Gasteiger partial charge is 0.384 e. The summed E-state index contributed by atoms with van der Waals surface area (Å²) < 4.78 is 59.1. The van der Waals surface area contributed by atoms with Crippen LogP contribution in [0.2, 0.25) is 0 Å². The number of nitrogen functional groups attached to an aromatic ring is 1. The number of fused-ring (bicyclic) bond motifs is 2. The van der Waals surface area contributed by atoms with Crippen LogP contribution in [0, 0.1) is 24.6 Å². The fourth-order valence-electron chi connectivity index (χ4n) is 5.32. The summed E-state index contributed by atoms with van der Waals surface area (Å²) in [5.41, 5.74) is 4.58. The van der Waals surface area contributed by atoms with Gasteiger partial charge in [-0.2, -0.15) is 18.3 Å². The molecule has 3 aromatic heterocycles. The first-order valence-electron chi connectivity index (χ1n) is 10.6. The molecule has 7 nitrogen and oxygen atoms in total. The van der Waals surface area contributed by atoms with Crippen LogP contribution in [0.4, 0.5) is 23.4 Å². The van der Waals surface area contributed by atoms with E-state index in [4.69, 9.17) is 10.8 Å². The second kappa shape index (κ2) is 6.61. The van der Waals surface area contributed by atoms with E-state index < -0.39 is 23.1 Å². The van der Waals surface area contributed by atoms with Crippen LogP contribution in [0.1, 0.15) is 28.9 Å². The predicted octanol–water partition coefficient (Wildman–Crippen LogP) is 2.62. The van der Waals surface area contributed by atoms with Crippen LogP contribution in [0.3, 0.4) is 0 Å². The zero-order valence-corrected chi connectivity index (χ0v) is 17.2. The van der Waals surface area contributed by atoms with Crippen molar-refractivity contribution >= 4 is 16.7 Å². The Morgan fingerprint density at radius 1 is 1.12 bits per heavy atom. The molecule has 2 saturated heterocycles. The molecule has 168 valence electrons. The number of nitrogens with one attached hydrogen (secondary N) is 2. The molecule has 3 aliphatic rings. The molecule has 11 heteroatoms. The third-order valence-corrected chi connectivity index (χ3v) is 6.99. The molecule has 3 aromatic rings. The molecule has 3 fully saturated rings. The van der Waals surface area contributed by atoms with Gasteiger partial charge in [-0.3, -0.25) is 9.67 Å². The zero-order chi connectivity index (χ0) is 22.4. The van der Waals surface area contributed by atoms with Gasteiger partial charge in [0.25, 0.3) is 0 Å². The Labute approximate surface area is 180 Å². The van der Waals surface area contributed by atoms with E-state index in [1.165, 1.54) is 13.1 Å². The number of rotatable bonds is 3. The van der Waals surface area contributed by atoms with Gasteiger partial charge >= 0.3 is 6.18 Å². The summed E-state index contributed by atoms with van der Waals surface area (Å²) in [6.07, 6.45) is -3.27. The molecule has 0 bridgehead atoms. The van der Waals surface area contributed by atoms with Crippen molar-refractivity contribution in [3.05, 3.63) is 35.0 Å². The van der Waals surface area contributed by atoms with Gasteiger partial charge in [-0.05, 0) is 37.9 Å². The average Bonchev–Trinajstić information content (AvgIpc) is 2.98. The van der Waals surface area contributed by atoms with E-state index in [0.29, 0.717) is 30.3 Å². The fraction of sp³-hybridized carbons (Fsp3) is 0.476. The van der Waals surface area contributed by atoms with Crippen molar-refractivity contribution in [3.63, 3.8) is 0 Å². The quantitative estimate of drug-likeness (QED) is 0.535. The van der Waals surface area contributed by atoms with Gasteiger partial charge in [-0.15, -0.1) is 0 Å². The second-order valence-electron chi connectivity index (χ2n) is 8.89. The molecule has 6 rings (SSSR count). The Morgan fingerprint density at radius 2 is 1.81 bits per heavy atom. The minimum atomic E-state index is -4.73. The highest BCUT2D eigenvalue weighted by molar-refractivity contribution is 5.87. The van der Waals surface area contributed by atoms with E-state index in [2.05, 4.69) is 20.6 Å². The molecule has 0 amide bonds. The van der Waals surface area contributed by atoms with Crippen molar-refractivity contribution in [2.75, 3.05) is 31.9 Å². The highest BCUT2D eigenvalue weighted by atomic mass is 19.4. The van der Waals surface area contributed by atoms with Crippen LogP contribution >= 0.6 is 0 Å². The summed E-state index contributed by atoms with van der Waals surface area (Å²) in [6.45, 7) is 4.25. The van der Waals surface area contributed by atoms with Crippen LogP contribution in [0.15, 0.2) is 12.3 Å². The number of pyridine rings is 2. The maximum absolute atomic E-state index is 16.0. The number of nitrogens with two attached hydrogens (primary N) is 1. The van der Waals surface area contributed by atoms with E-state index in [9.17, 15) is 13.2 Å². The highest BCUT2D eigenvalue weighted by Crippen LogP contribution is 2.57. The number of aryl methyl sites for hydroxylation is 1. The summed E-state index contributed by atoms with van der Waals surface area (Å²) in [5, 5.41) is 11.8. The van der Waals surface area contributed by atoms with Gasteiger partial charge in [0.1, 0.15) is 17.0 Å². The number of hydrogen-bond donors (Lipinski definition) is 3. The molecule has 1 saturated carbocycles. The number of aromatic nitrogens is 4. The number of anilines is 1. The number of piperidine rings is 1. The van der Waals surface area contributed by atoms with E-state index in [-0.39, 0.29) is 34.7 Å². The number of nitrogens with zero attached hydrogens (tertiary/aromatic N) is 4. The normalized spacial score (nSPS) is 25.2. The minimum Gasteiger partial charge on any atom is -0.384 e. The molecule has 5 heterocycles. The molecule has 2 aliphatic heterocycles. The van der Waals surface area contributed by atoms with Gasteiger partial charge in [0.15, 0.2) is 5.82 Å². The lowest BCUT2D eigenvalue weighted by Crippen LogP contribution is -2.43. The maximum Gasteiger partial charge on any atom is 0.418 e. The van der Waals surface area contributed by atoms with Gasteiger partial charge in [0, 0.05) is 36.2 Å². The summed E-state index contributed by atoms with van der Waals surface area (Å²) in [4.78, 5) is 7.90. The fourth-order valence-corrected chi connectivity index (χ4v) is 5.32. The molecule has 4 N–H and O–H groups in total. The molecule has 3 atom stereocenters. The third kappa shape index (κ3) is 2.77. The van der Waals surface area contributed by atoms with Crippen molar-refractivity contribution in [1.29, 1.82) is 0 Å². The Morgan fingerprint density at radius 3 is 2.44 bits per heavy atom. The van der Waals surface area contributed by atoms with E-state index >= 15 is 4.39 Å². The Balaban J connectivity index is 1.58. The molecule has 0 spiro atoms. The van der Waals surface area contributed by atoms with E-state index in [1.807, 2.05) is 0 Å². The molecule has 0 aromatic carbocycles. The van der Waals surface area contributed by atoms with Gasteiger partial charge in [-0.25, -0.2) is 9.37 Å². The van der Waals surface area contributed by atoms with E-state index in [0.717, 1.165) is 24.8 Å². The molecule has 0 radical (unpaired) electrons. The summed E-state index contributed by atoms with van der Waals surface area (Å²) in [7, 11) is 0. The molecule has 1 unspecified atom stereocenters. The predicted molar refractivity (Wildman–Crippen MR) is 109 cm³/mol. The van der Waals surface area contributed by atoms with Crippen LogP contribution < -0.4 is 16.4 Å². The largest absolute Gasteiger partial charge is 0.418 e. The first-order valence-corrected chi connectivity index (χ1v) is 10.6. The number of alkyl halides is 3. The van der Waals surface area contributed by atoms with Crippen LogP contribution in [-0.4, -0.2) is 45.9 Å². The lowest BCUT2D eigenvalue weighted by atomic mass is 10.0. The van der Waals surface area contributed by atoms with Gasteiger partial charge < -0.3 is 16.4 Å². The molecule has 1 aliphatic carbocycles. The molecular formula is C21H21F4N7. The topological polar surface area (TPSA) is 93.7 Å². The van der Waals surface area contributed by atoms with Gasteiger partial charge in [0.05, 0.1) is 23.0 Å². The molecule has 32 heavy (non-hydrogen) atoms. The maximum atomic E-state index is 16.0. The number of halogens is 4. The SMILES string of the molecule is Cc1nc(N)cc(-c2ncc3c(C4[C@H]5CNC[C@@H]45)nn(C4CNC4)c3c2F)c1C(F)(F)F. The summed E-state index contributed by atoms with van der Waals surface area (Å²) in [6, 6.07) is 0.982. The lowest BCUT2D eigenvalue weighted by Gasteiger charge is -2.28.